The van der Waals surface area contributed by atoms with E-state index in [2.05, 4.69) is 29.3 Å². The van der Waals surface area contributed by atoms with E-state index in [1.165, 1.54) is 25.3 Å². The van der Waals surface area contributed by atoms with Crippen LogP contribution in [0.2, 0.25) is 0 Å². The zero-order valence-corrected chi connectivity index (χ0v) is 17.8. The summed E-state index contributed by atoms with van der Waals surface area (Å²) in [6, 6.07) is 4.26. The summed E-state index contributed by atoms with van der Waals surface area (Å²) in [5, 5.41) is 6.95. The first kappa shape index (κ1) is 21.4. The molecule has 160 valence electrons. The molecule has 1 aromatic carbocycles. The van der Waals surface area contributed by atoms with Gasteiger partial charge >= 0.3 is 0 Å². The van der Waals surface area contributed by atoms with Crippen LogP contribution in [0, 0.1) is 11.7 Å². The van der Waals surface area contributed by atoms with Gasteiger partial charge in [0.1, 0.15) is 5.56 Å². The fourth-order valence-corrected chi connectivity index (χ4v) is 3.10. The Balaban J connectivity index is 1.90. The second-order valence-electron chi connectivity index (χ2n) is 7.57. The fraction of sp³-hybridized carbons (Fsp3) is 0.381. The molecule has 0 aliphatic carbocycles. The largest absolute Gasteiger partial charge is 0.494 e. The molecular formula is C21H26FN5O3. The van der Waals surface area contributed by atoms with Crippen molar-refractivity contribution in [3.8, 4) is 17.1 Å². The van der Waals surface area contributed by atoms with Crippen LogP contribution in [0.15, 0.2) is 35.2 Å². The number of carbonyl (C=O) groups is 1. The zero-order valence-electron chi connectivity index (χ0n) is 17.8. The van der Waals surface area contributed by atoms with Gasteiger partial charge in [0.25, 0.3) is 5.91 Å². The summed E-state index contributed by atoms with van der Waals surface area (Å²) in [6.45, 7) is 5.34. The molecule has 0 aliphatic rings. The molecule has 2 heterocycles. The topological polar surface area (TPSA) is 85.4 Å². The van der Waals surface area contributed by atoms with Crippen molar-refractivity contribution in [2.75, 3.05) is 26.1 Å². The van der Waals surface area contributed by atoms with E-state index in [-0.39, 0.29) is 23.0 Å². The lowest BCUT2D eigenvalue weighted by atomic mass is 10.1. The van der Waals surface area contributed by atoms with Crippen LogP contribution in [0.5, 0.6) is 5.75 Å². The Morgan fingerprint density at radius 2 is 2.13 bits per heavy atom. The van der Waals surface area contributed by atoms with Crippen molar-refractivity contribution in [2.24, 2.45) is 5.92 Å². The number of nitrogens with one attached hydrogen (secondary N) is 1. The molecule has 9 heteroatoms. The van der Waals surface area contributed by atoms with Crippen molar-refractivity contribution in [3.05, 3.63) is 47.8 Å². The van der Waals surface area contributed by atoms with Crippen molar-refractivity contribution < 1.29 is 18.4 Å². The van der Waals surface area contributed by atoms with Crippen LogP contribution in [0.3, 0.4) is 0 Å². The molecule has 2 aromatic heterocycles. The quantitative estimate of drug-likeness (QED) is 0.607. The van der Waals surface area contributed by atoms with Gasteiger partial charge in [0, 0.05) is 32.4 Å². The minimum Gasteiger partial charge on any atom is -0.494 e. The minimum atomic E-state index is -0.502. The molecule has 0 saturated heterocycles. The third-order valence-corrected chi connectivity index (χ3v) is 4.53. The Morgan fingerprint density at radius 3 is 2.80 bits per heavy atom. The van der Waals surface area contributed by atoms with Crippen LogP contribution in [-0.2, 0) is 13.1 Å². The average molecular weight is 415 g/mol. The summed E-state index contributed by atoms with van der Waals surface area (Å²) in [7, 11) is 4.91. The third-order valence-electron chi connectivity index (χ3n) is 4.53. The highest BCUT2D eigenvalue weighted by Gasteiger charge is 2.26. The van der Waals surface area contributed by atoms with Gasteiger partial charge < -0.3 is 24.0 Å². The Labute approximate surface area is 174 Å². The first-order valence-corrected chi connectivity index (χ1v) is 9.60. The number of amides is 1. The van der Waals surface area contributed by atoms with Gasteiger partial charge in [-0.3, -0.25) is 4.79 Å². The minimum absolute atomic E-state index is 0.0549. The van der Waals surface area contributed by atoms with Gasteiger partial charge in [-0.05, 0) is 24.1 Å². The van der Waals surface area contributed by atoms with Gasteiger partial charge in [-0.2, -0.15) is 0 Å². The third kappa shape index (κ3) is 4.45. The second-order valence-corrected chi connectivity index (χ2v) is 7.57. The SMILES string of the molecule is COc1cc(-c2onc(N(C)C)c2C(=O)NCc2cncn2CC(C)C)ccc1F. The Morgan fingerprint density at radius 1 is 1.37 bits per heavy atom. The first-order valence-electron chi connectivity index (χ1n) is 9.60. The van der Waals surface area contributed by atoms with Gasteiger partial charge in [-0.25, -0.2) is 9.37 Å². The van der Waals surface area contributed by atoms with Crippen LogP contribution in [-0.4, -0.2) is 41.8 Å². The summed E-state index contributed by atoms with van der Waals surface area (Å²) in [4.78, 5) is 19.0. The van der Waals surface area contributed by atoms with Crippen LogP contribution in [0.25, 0.3) is 11.3 Å². The first-order chi connectivity index (χ1) is 14.3. The molecule has 0 radical (unpaired) electrons. The molecule has 30 heavy (non-hydrogen) atoms. The van der Waals surface area contributed by atoms with Gasteiger partial charge in [-0.1, -0.05) is 19.0 Å². The number of hydrogen-bond donors (Lipinski definition) is 1. The lowest BCUT2D eigenvalue weighted by Gasteiger charge is -2.13. The van der Waals surface area contributed by atoms with Crippen LogP contribution >= 0.6 is 0 Å². The Bertz CT molecular complexity index is 1030. The Hall–Kier alpha value is -3.36. The molecule has 1 amide bonds. The number of nitrogens with zero attached hydrogens (tertiary/aromatic N) is 4. The fourth-order valence-electron chi connectivity index (χ4n) is 3.10. The highest BCUT2D eigenvalue weighted by molar-refractivity contribution is 6.04. The molecular weight excluding hydrogens is 389 g/mol. The van der Waals surface area contributed by atoms with E-state index in [4.69, 9.17) is 9.26 Å². The molecule has 0 atom stereocenters. The van der Waals surface area contributed by atoms with Crippen molar-refractivity contribution >= 4 is 11.7 Å². The normalized spacial score (nSPS) is 11.0. The molecule has 0 unspecified atom stereocenters. The van der Waals surface area contributed by atoms with E-state index in [9.17, 15) is 9.18 Å². The number of carbonyl (C=O) groups excluding carboxylic acids is 1. The number of anilines is 1. The summed E-state index contributed by atoms with van der Waals surface area (Å²) >= 11 is 0. The molecule has 0 saturated carbocycles. The maximum atomic E-state index is 13.8. The van der Waals surface area contributed by atoms with E-state index < -0.39 is 5.82 Å². The molecule has 3 aromatic rings. The lowest BCUT2D eigenvalue weighted by molar-refractivity contribution is 0.0950. The summed E-state index contributed by atoms with van der Waals surface area (Å²) < 4.78 is 26.3. The summed E-state index contributed by atoms with van der Waals surface area (Å²) in [5.41, 5.74) is 1.65. The number of halogens is 1. The van der Waals surface area contributed by atoms with Crippen molar-refractivity contribution in [1.82, 2.24) is 20.0 Å². The number of hydrogen-bond acceptors (Lipinski definition) is 6. The molecule has 1 N–H and O–H groups in total. The molecule has 0 spiro atoms. The molecule has 3 rings (SSSR count). The van der Waals surface area contributed by atoms with Crippen LogP contribution in [0.4, 0.5) is 10.2 Å². The van der Waals surface area contributed by atoms with Gasteiger partial charge in [-0.15, -0.1) is 0 Å². The summed E-state index contributed by atoms with van der Waals surface area (Å²) in [5.74, 6) is 0.270. The second kappa shape index (κ2) is 8.98. The maximum absolute atomic E-state index is 13.8. The number of methoxy groups -OCH3 is 1. The van der Waals surface area contributed by atoms with Gasteiger partial charge in [0.05, 0.1) is 25.7 Å². The average Bonchev–Trinajstić information content (AvgIpc) is 3.33. The van der Waals surface area contributed by atoms with E-state index in [0.29, 0.717) is 23.8 Å². The predicted molar refractivity (Wildman–Crippen MR) is 111 cm³/mol. The van der Waals surface area contributed by atoms with E-state index in [1.54, 1.807) is 31.5 Å². The van der Waals surface area contributed by atoms with Crippen LogP contribution < -0.4 is 15.0 Å². The summed E-state index contributed by atoms with van der Waals surface area (Å²) in [6.07, 6.45) is 3.48. The predicted octanol–water partition coefficient (Wildman–Crippen LogP) is 3.34. The molecule has 0 bridgehead atoms. The number of aromatic nitrogens is 3. The number of imidazole rings is 1. The van der Waals surface area contributed by atoms with E-state index in [0.717, 1.165) is 12.2 Å². The molecule has 8 nitrogen and oxygen atoms in total. The highest BCUT2D eigenvalue weighted by Crippen LogP contribution is 2.33. The maximum Gasteiger partial charge on any atom is 0.259 e. The molecule has 0 aliphatic heterocycles. The monoisotopic (exact) mass is 415 g/mol. The van der Waals surface area contributed by atoms with Crippen molar-refractivity contribution in [3.63, 3.8) is 0 Å². The Kier molecular flexibility index (Phi) is 6.39. The lowest BCUT2D eigenvalue weighted by Crippen LogP contribution is -2.26. The van der Waals surface area contributed by atoms with Crippen molar-refractivity contribution in [1.29, 1.82) is 0 Å². The van der Waals surface area contributed by atoms with E-state index in [1.807, 2.05) is 4.57 Å². The van der Waals surface area contributed by atoms with Gasteiger partial charge in [0.15, 0.2) is 23.1 Å². The van der Waals surface area contributed by atoms with Crippen LogP contribution in [0.1, 0.15) is 29.9 Å². The number of benzene rings is 1. The van der Waals surface area contributed by atoms with Crippen molar-refractivity contribution in [2.45, 2.75) is 26.9 Å². The standard InChI is InChI=1S/C21H26FN5O3/c1-13(2)11-27-12-23-9-15(27)10-24-21(28)18-19(30-25-20(18)26(3)4)14-6-7-16(22)17(8-14)29-5/h6-9,12-13H,10-11H2,1-5H3,(H,24,28). The number of ether oxygens (including phenoxy) is 1. The smallest absolute Gasteiger partial charge is 0.259 e. The highest BCUT2D eigenvalue weighted by atomic mass is 19.1. The molecule has 0 fully saturated rings. The van der Waals surface area contributed by atoms with Gasteiger partial charge in [0.2, 0.25) is 0 Å². The van der Waals surface area contributed by atoms with E-state index >= 15 is 0 Å². The number of rotatable bonds is 8. The zero-order chi connectivity index (χ0) is 21.8.